The Morgan fingerprint density at radius 2 is 2.33 bits per heavy atom. The van der Waals surface area contributed by atoms with E-state index in [2.05, 4.69) is 30.2 Å². The fourth-order valence-corrected chi connectivity index (χ4v) is 4.03. The quantitative estimate of drug-likeness (QED) is 0.874. The number of nitrogens with zero attached hydrogens (tertiary/aromatic N) is 3. The summed E-state index contributed by atoms with van der Waals surface area (Å²) in [6.07, 6.45) is 4.59. The Kier molecular flexibility index (Phi) is 3.76. The van der Waals surface area contributed by atoms with Crippen LogP contribution in [0.25, 0.3) is 0 Å². The van der Waals surface area contributed by atoms with Gasteiger partial charge in [0.05, 0.1) is 11.4 Å². The first-order chi connectivity index (χ1) is 10.0. The average Bonchev–Trinajstić information content (AvgIpc) is 3.03. The van der Waals surface area contributed by atoms with Gasteiger partial charge in [-0.05, 0) is 25.0 Å². The third-order valence-corrected chi connectivity index (χ3v) is 5.01. The molecule has 1 aliphatic rings. The molecule has 21 heavy (non-hydrogen) atoms. The predicted octanol–water partition coefficient (Wildman–Crippen LogP) is 2.40. The van der Waals surface area contributed by atoms with Gasteiger partial charge in [0, 0.05) is 37.3 Å². The van der Waals surface area contributed by atoms with E-state index >= 15 is 0 Å². The molecule has 0 radical (unpaired) electrons. The van der Waals surface area contributed by atoms with E-state index in [4.69, 9.17) is 0 Å². The Morgan fingerprint density at radius 3 is 3.05 bits per heavy atom. The van der Waals surface area contributed by atoms with Gasteiger partial charge in [-0.3, -0.25) is 9.48 Å². The van der Waals surface area contributed by atoms with Gasteiger partial charge in [-0.1, -0.05) is 17.7 Å². The molecule has 5 heteroatoms. The van der Waals surface area contributed by atoms with E-state index in [9.17, 15) is 4.79 Å². The maximum absolute atomic E-state index is 12.6. The van der Waals surface area contributed by atoms with Gasteiger partial charge >= 0.3 is 0 Å². The smallest absolute Gasteiger partial charge is 0.236 e. The van der Waals surface area contributed by atoms with Crippen LogP contribution in [-0.4, -0.2) is 32.9 Å². The van der Waals surface area contributed by atoms with Crippen molar-refractivity contribution in [3.8, 4) is 0 Å². The van der Waals surface area contributed by atoms with E-state index in [1.807, 2.05) is 26.5 Å². The maximum Gasteiger partial charge on any atom is 0.236 e. The Morgan fingerprint density at radius 1 is 1.52 bits per heavy atom. The van der Waals surface area contributed by atoms with Gasteiger partial charge in [0.25, 0.3) is 0 Å². The highest BCUT2D eigenvalue weighted by molar-refractivity contribution is 8.01. The normalized spacial score (nSPS) is 16.8. The van der Waals surface area contributed by atoms with Gasteiger partial charge in [0.2, 0.25) is 5.91 Å². The third kappa shape index (κ3) is 2.97. The van der Waals surface area contributed by atoms with Crippen molar-refractivity contribution in [2.24, 2.45) is 7.05 Å². The summed E-state index contributed by atoms with van der Waals surface area (Å²) in [5, 5.41) is 4.15. The first-order valence-corrected chi connectivity index (χ1v) is 7.89. The van der Waals surface area contributed by atoms with Gasteiger partial charge in [0.1, 0.15) is 0 Å². The number of rotatable bonds is 3. The summed E-state index contributed by atoms with van der Waals surface area (Å²) >= 11 is 1.69. The van der Waals surface area contributed by atoms with E-state index in [-0.39, 0.29) is 11.2 Å². The molecule has 1 atom stereocenters. The summed E-state index contributed by atoms with van der Waals surface area (Å²) in [6.45, 7) is 2.70. The number of hydrogen-bond donors (Lipinski definition) is 0. The van der Waals surface area contributed by atoms with Crippen LogP contribution in [0.4, 0.5) is 0 Å². The zero-order valence-corrected chi connectivity index (χ0v) is 13.4. The van der Waals surface area contributed by atoms with Crippen molar-refractivity contribution in [2.45, 2.75) is 30.0 Å². The Hall–Kier alpha value is -1.75. The molecule has 1 amide bonds. The number of aryl methyl sites for hydroxylation is 2. The van der Waals surface area contributed by atoms with Crippen molar-refractivity contribution in [1.29, 1.82) is 0 Å². The highest BCUT2D eigenvalue weighted by atomic mass is 32.2. The van der Waals surface area contributed by atoms with Crippen LogP contribution in [0.3, 0.4) is 0 Å². The molecule has 1 aromatic heterocycles. The second kappa shape index (κ2) is 5.56. The third-order valence-electron chi connectivity index (χ3n) is 3.73. The van der Waals surface area contributed by atoms with E-state index in [1.165, 1.54) is 16.0 Å². The number of fused-ring (bicyclic) bond motifs is 1. The monoisotopic (exact) mass is 301 g/mol. The minimum Gasteiger partial charge on any atom is -0.340 e. The molecule has 110 valence electrons. The molecule has 0 saturated heterocycles. The van der Waals surface area contributed by atoms with E-state index in [0.717, 1.165) is 12.0 Å². The zero-order valence-electron chi connectivity index (χ0n) is 12.5. The first-order valence-electron chi connectivity index (χ1n) is 7.01. The molecular weight excluding hydrogens is 282 g/mol. The molecule has 0 fully saturated rings. The number of amides is 1. The van der Waals surface area contributed by atoms with E-state index < -0.39 is 0 Å². The second-order valence-corrected chi connectivity index (χ2v) is 6.88. The van der Waals surface area contributed by atoms with Crippen LogP contribution >= 0.6 is 11.8 Å². The largest absolute Gasteiger partial charge is 0.340 e. The standard InChI is InChI=1S/C16H19N3OS/c1-11-4-5-13-7-15(21-14(13)6-11)16(20)18(2)9-12-8-17-19(3)10-12/h4-6,8,10,15H,7,9H2,1-3H3/t15-/m0/s1. The van der Waals surface area contributed by atoms with Crippen molar-refractivity contribution in [3.63, 3.8) is 0 Å². The van der Waals surface area contributed by atoms with Crippen molar-refractivity contribution in [3.05, 3.63) is 47.3 Å². The molecule has 2 aromatic rings. The van der Waals surface area contributed by atoms with Gasteiger partial charge < -0.3 is 4.90 Å². The fraction of sp³-hybridized carbons (Fsp3) is 0.375. The lowest BCUT2D eigenvalue weighted by Gasteiger charge is -2.19. The topological polar surface area (TPSA) is 38.1 Å². The minimum absolute atomic E-state index is 0.00321. The summed E-state index contributed by atoms with van der Waals surface area (Å²) in [4.78, 5) is 15.6. The number of carbonyl (C=O) groups excluding carboxylic acids is 1. The maximum atomic E-state index is 12.6. The van der Waals surface area contributed by atoms with Crippen LogP contribution in [0.5, 0.6) is 0 Å². The van der Waals surface area contributed by atoms with Crippen molar-refractivity contribution in [1.82, 2.24) is 14.7 Å². The molecular formula is C16H19N3OS. The van der Waals surface area contributed by atoms with Gasteiger partial charge in [-0.25, -0.2) is 0 Å². The molecule has 0 N–H and O–H groups in total. The fourth-order valence-electron chi connectivity index (χ4n) is 2.62. The van der Waals surface area contributed by atoms with Crippen LogP contribution in [0, 0.1) is 6.92 Å². The van der Waals surface area contributed by atoms with Crippen LogP contribution in [-0.2, 0) is 24.8 Å². The average molecular weight is 301 g/mol. The molecule has 0 unspecified atom stereocenters. The molecule has 0 saturated carbocycles. The lowest BCUT2D eigenvalue weighted by atomic mass is 10.1. The predicted molar refractivity (Wildman–Crippen MR) is 84.2 cm³/mol. The Balaban J connectivity index is 1.66. The summed E-state index contributed by atoms with van der Waals surface area (Å²) in [5.74, 6) is 0.192. The highest BCUT2D eigenvalue weighted by Crippen LogP contribution is 2.38. The molecule has 3 rings (SSSR count). The summed E-state index contributed by atoms with van der Waals surface area (Å²) in [6, 6.07) is 6.44. The lowest BCUT2D eigenvalue weighted by Crippen LogP contribution is -2.34. The highest BCUT2D eigenvalue weighted by Gasteiger charge is 2.30. The van der Waals surface area contributed by atoms with Crippen molar-refractivity contribution in [2.75, 3.05) is 7.05 Å². The van der Waals surface area contributed by atoms with Gasteiger partial charge in [-0.2, -0.15) is 5.10 Å². The van der Waals surface area contributed by atoms with Gasteiger partial charge in [-0.15, -0.1) is 11.8 Å². The second-order valence-electron chi connectivity index (χ2n) is 5.64. The van der Waals surface area contributed by atoms with Crippen LogP contribution in [0.1, 0.15) is 16.7 Å². The number of aromatic nitrogens is 2. The molecule has 4 nitrogen and oxygen atoms in total. The van der Waals surface area contributed by atoms with Crippen LogP contribution < -0.4 is 0 Å². The summed E-state index contributed by atoms with van der Waals surface area (Å²) in [7, 11) is 3.75. The minimum atomic E-state index is 0.00321. The summed E-state index contributed by atoms with van der Waals surface area (Å²) < 4.78 is 1.76. The van der Waals surface area contributed by atoms with E-state index in [1.54, 1.807) is 21.3 Å². The van der Waals surface area contributed by atoms with Crippen LogP contribution in [0.15, 0.2) is 35.5 Å². The van der Waals surface area contributed by atoms with Crippen molar-refractivity contribution < 1.29 is 4.79 Å². The molecule has 0 aliphatic carbocycles. The zero-order chi connectivity index (χ0) is 15.0. The Labute approximate surface area is 129 Å². The Bertz CT molecular complexity index is 680. The SMILES string of the molecule is Cc1ccc2c(c1)S[C@H](C(=O)N(C)Cc1cnn(C)c1)C2. The number of thioether (sulfide) groups is 1. The van der Waals surface area contributed by atoms with Crippen LogP contribution in [0.2, 0.25) is 0 Å². The molecule has 1 aromatic carbocycles. The molecule has 0 spiro atoms. The molecule has 1 aliphatic heterocycles. The first kappa shape index (κ1) is 14.2. The number of hydrogen-bond acceptors (Lipinski definition) is 3. The lowest BCUT2D eigenvalue weighted by molar-refractivity contribution is -0.129. The van der Waals surface area contributed by atoms with Gasteiger partial charge in [0.15, 0.2) is 0 Å². The number of carbonyl (C=O) groups is 1. The molecule has 2 heterocycles. The molecule has 0 bridgehead atoms. The summed E-state index contributed by atoms with van der Waals surface area (Å²) in [5.41, 5.74) is 3.60. The number of benzene rings is 1. The van der Waals surface area contributed by atoms with E-state index in [0.29, 0.717) is 6.54 Å². The van der Waals surface area contributed by atoms with Crippen molar-refractivity contribution >= 4 is 17.7 Å².